The first-order chi connectivity index (χ1) is 14.2. The van der Waals surface area contributed by atoms with Gasteiger partial charge in [-0.3, -0.25) is 4.79 Å². The van der Waals surface area contributed by atoms with E-state index in [0.29, 0.717) is 17.9 Å². The summed E-state index contributed by atoms with van der Waals surface area (Å²) in [6.07, 6.45) is 7.51. The molecule has 0 aliphatic heterocycles. The lowest BCUT2D eigenvalue weighted by atomic mass is 10.1. The van der Waals surface area contributed by atoms with Crippen molar-refractivity contribution in [3.05, 3.63) is 59.9 Å². The maximum atomic E-state index is 12.7. The van der Waals surface area contributed by atoms with Gasteiger partial charge in [0.1, 0.15) is 11.6 Å². The lowest BCUT2D eigenvalue weighted by molar-refractivity contribution is 0.0946. The summed E-state index contributed by atoms with van der Waals surface area (Å²) in [7, 11) is 1.58. The van der Waals surface area contributed by atoms with Gasteiger partial charge >= 0.3 is 0 Å². The van der Waals surface area contributed by atoms with E-state index >= 15 is 0 Å². The van der Waals surface area contributed by atoms with Crippen molar-refractivity contribution in [2.75, 3.05) is 7.11 Å². The van der Waals surface area contributed by atoms with E-state index < -0.39 is 0 Å². The lowest BCUT2D eigenvalue weighted by Crippen LogP contribution is -2.25. The highest BCUT2D eigenvalue weighted by Gasteiger charge is 2.14. The number of fused-ring (bicyclic) bond motifs is 1. The third kappa shape index (κ3) is 5.37. The first-order valence-corrected chi connectivity index (χ1v) is 10.6. The molecule has 0 saturated heterocycles. The minimum absolute atomic E-state index is 0.152. The van der Waals surface area contributed by atoms with Gasteiger partial charge < -0.3 is 14.6 Å². The topological polar surface area (TPSA) is 56.2 Å². The molecule has 0 aliphatic carbocycles. The zero-order valence-electron chi connectivity index (χ0n) is 17.5. The van der Waals surface area contributed by atoms with Crippen LogP contribution in [0, 0.1) is 0 Å². The van der Waals surface area contributed by atoms with Gasteiger partial charge in [0.05, 0.1) is 30.3 Å². The van der Waals surface area contributed by atoms with Crippen LogP contribution >= 0.6 is 0 Å². The van der Waals surface area contributed by atoms with E-state index in [4.69, 9.17) is 9.72 Å². The first kappa shape index (κ1) is 20.9. The zero-order valence-corrected chi connectivity index (χ0v) is 17.5. The van der Waals surface area contributed by atoms with Crippen LogP contribution in [-0.4, -0.2) is 22.6 Å². The molecule has 0 atom stereocenters. The van der Waals surface area contributed by atoms with Crippen LogP contribution in [0.4, 0.5) is 0 Å². The predicted octanol–water partition coefficient (Wildman–Crippen LogP) is 5.34. The number of nitrogens with one attached hydrogen (secondary N) is 1. The lowest BCUT2D eigenvalue weighted by Gasteiger charge is -2.11. The number of rotatable bonds is 11. The molecule has 3 aromatic rings. The Balaban J connectivity index is 1.69. The fourth-order valence-electron chi connectivity index (χ4n) is 3.65. The number of ether oxygens (including phenoxy) is 1. The normalized spacial score (nSPS) is 11.0. The summed E-state index contributed by atoms with van der Waals surface area (Å²) in [6.45, 7) is 3.55. The number of para-hydroxylation sites is 3. The summed E-state index contributed by atoms with van der Waals surface area (Å²) in [4.78, 5) is 17.4. The molecule has 0 aliphatic rings. The molecule has 3 rings (SSSR count). The Kier molecular flexibility index (Phi) is 7.68. The molecular weight excluding hydrogens is 362 g/mol. The average Bonchev–Trinajstić information content (AvgIpc) is 3.12. The molecule has 0 radical (unpaired) electrons. The summed E-state index contributed by atoms with van der Waals surface area (Å²) >= 11 is 0. The summed E-state index contributed by atoms with van der Waals surface area (Å²) in [5, 5.41) is 3.01. The van der Waals surface area contributed by atoms with Gasteiger partial charge in [-0.15, -0.1) is 0 Å². The second kappa shape index (κ2) is 10.6. The number of amides is 1. The molecule has 154 valence electrons. The predicted molar refractivity (Wildman–Crippen MR) is 117 cm³/mol. The number of carbonyl (C=O) groups is 1. The maximum absolute atomic E-state index is 12.7. The van der Waals surface area contributed by atoms with Crippen molar-refractivity contribution in [2.24, 2.45) is 0 Å². The van der Waals surface area contributed by atoms with Crippen LogP contribution in [0.1, 0.15) is 61.6 Å². The van der Waals surface area contributed by atoms with Crippen LogP contribution in [0.2, 0.25) is 0 Å². The fourth-order valence-corrected chi connectivity index (χ4v) is 3.65. The number of methoxy groups -OCH3 is 1. The first-order valence-electron chi connectivity index (χ1n) is 10.6. The van der Waals surface area contributed by atoms with Crippen molar-refractivity contribution < 1.29 is 9.53 Å². The van der Waals surface area contributed by atoms with Crippen LogP contribution in [0.25, 0.3) is 11.0 Å². The van der Waals surface area contributed by atoms with Crippen molar-refractivity contribution in [3.63, 3.8) is 0 Å². The van der Waals surface area contributed by atoms with Crippen LogP contribution < -0.4 is 10.1 Å². The summed E-state index contributed by atoms with van der Waals surface area (Å²) < 4.78 is 7.55. The minimum atomic E-state index is -0.152. The Hall–Kier alpha value is -2.82. The zero-order chi connectivity index (χ0) is 20.5. The number of benzene rings is 2. The molecule has 2 aromatic carbocycles. The summed E-state index contributed by atoms with van der Waals surface area (Å²) in [6, 6.07) is 15.4. The molecule has 1 heterocycles. The second-order valence-electron chi connectivity index (χ2n) is 7.32. The number of hydrogen-bond acceptors (Lipinski definition) is 3. The SMILES string of the molecule is CCCCCCCCn1c(CNC(=O)c2ccccc2OC)nc2ccccc21. The molecule has 0 unspecified atom stereocenters. The highest BCUT2D eigenvalue weighted by molar-refractivity contribution is 5.96. The number of imidazole rings is 1. The van der Waals surface area contributed by atoms with Gasteiger partial charge in [0.15, 0.2) is 0 Å². The highest BCUT2D eigenvalue weighted by Crippen LogP contribution is 2.19. The van der Waals surface area contributed by atoms with E-state index in [1.165, 1.54) is 32.1 Å². The standard InChI is InChI=1S/C24H31N3O2/c1-3-4-5-6-7-12-17-27-21-15-10-9-14-20(21)26-23(27)18-25-24(28)19-13-8-11-16-22(19)29-2/h8-11,13-16H,3-7,12,17-18H2,1-2H3,(H,25,28). The quantitative estimate of drug-likeness (QED) is 0.448. The molecule has 5 heteroatoms. The Labute approximate surface area is 173 Å². The van der Waals surface area contributed by atoms with E-state index in [1.807, 2.05) is 30.3 Å². The van der Waals surface area contributed by atoms with Crippen molar-refractivity contribution in [1.29, 1.82) is 0 Å². The molecule has 0 spiro atoms. The van der Waals surface area contributed by atoms with Crippen LogP contribution in [-0.2, 0) is 13.1 Å². The van der Waals surface area contributed by atoms with Gasteiger partial charge in [-0.2, -0.15) is 0 Å². The van der Waals surface area contributed by atoms with Crippen LogP contribution in [0.5, 0.6) is 5.75 Å². The Morgan fingerprint density at radius 2 is 1.72 bits per heavy atom. The minimum Gasteiger partial charge on any atom is -0.496 e. The van der Waals surface area contributed by atoms with E-state index in [9.17, 15) is 4.79 Å². The molecular formula is C24H31N3O2. The van der Waals surface area contributed by atoms with Gasteiger partial charge in [-0.1, -0.05) is 63.3 Å². The third-order valence-corrected chi connectivity index (χ3v) is 5.23. The van der Waals surface area contributed by atoms with Gasteiger partial charge in [0, 0.05) is 6.54 Å². The molecule has 1 aromatic heterocycles. The highest BCUT2D eigenvalue weighted by atomic mass is 16.5. The van der Waals surface area contributed by atoms with Crippen LogP contribution in [0.15, 0.2) is 48.5 Å². The number of unbranched alkanes of at least 4 members (excludes halogenated alkanes) is 5. The van der Waals surface area contributed by atoms with E-state index in [0.717, 1.165) is 29.8 Å². The van der Waals surface area contributed by atoms with E-state index in [-0.39, 0.29) is 5.91 Å². The van der Waals surface area contributed by atoms with Crippen molar-refractivity contribution in [1.82, 2.24) is 14.9 Å². The van der Waals surface area contributed by atoms with Gasteiger partial charge in [0.2, 0.25) is 0 Å². The summed E-state index contributed by atoms with van der Waals surface area (Å²) in [5.41, 5.74) is 2.64. The van der Waals surface area contributed by atoms with Gasteiger partial charge in [0.25, 0.3) is 5.91 Å². The molecule has 1 amide bonds. The van der Waals surface area contributed by atoms with E-state index in [1.54, 1.807) is 19.2 Å². The van der Waals surface area contributed by atoms with E-state index in [2.05, 4.69) is 22.9 Å². The number of hydrogen-bond donors (Lipinski definition) is 1. The van der Waals surface area contributed by atoms with Crippen molar-refractivity contribution in [2.45, 2.75) is 58.5 Å². The monoisotopic (exact) mass is 393 g/mol. The summed E-state index contributed by atoms with van der Waals surface area (Å²) in [5.74, 6) is 1.31. The largest absolute Gasteiger partial charge is 0.496 e. The smallest absolute Gasteiger partial charge is 0.255 e. The Morgan fingerprint density at radius 1 is 1.00 bits per heavy atom. The Bertz CT molecular complexity index is 933. The van der Waals surface area contributed by atoms with Crippen molar-refractivity contribution in [3.8, 4) is 5.75 Å². The second-order valence-corrected chi connectivity index (χ2v) is 7.32. The average molecular weight is 394 g/mol. The third-order valence-electron chi connectivity index (χ3n) is 5.23. The number of nitrogens with zero attached hydrogens (tertiary/aromatic N) is 2. The van der Waals surface area contributed by atoms with Crippen molar-refractivity contribution >= 4 is 16.9 Å². The van der Waals surface area contributed by atoms with Gasteiger partial charge in [-0.05, 0) is 30.7 Å². The van der Waals surface area contributed by atoms with Gasteiger partial charge in [-0.25, -0.2) is 4.98 Å². The molecule has 29 heavy (non-hydrogen) atoms. The van der Waals surface area contributed by atoms with Crippen LogP contribution in [0.3, 0.4) is 0 Å². The maximum Gasteiger partial charge on any atom is 0.255 e. The molecule has 1 N–H and O–H groups in total. The number of aryl methyl sites for hydroxylation is 1. The Morgan fingerprint density at radius 3 is 2.55 bits per heavy atom. The molecule has 0 saturated carbocycles. The molecule has 5 nitrogen and oxygen atoms in total. The number of carbonyl (C=O) groups excluding carboxylic acids is 1. The molecule has 0 fully saturated rings. The number of aromatic nitrogens is 2. The fraction of sp³-hybridized carbons (Fsp3) is 0.417. The molecule has 0 bridgehead atoms.